The van der Waals surface area contributed by atoms with E-state index in [4.69, 9.17) is 9.47 Å². The van der Waals surface area contributed by atoms with E-state index < -0.39 is 11.9 Å². The van der Waals surface area contributed by atoms with Crippen molar-refractivity contribution < 1.29 is 19.1 Å². The van der Waals surface area contributed by atoms with Gasteiger partial charge in [0.25, 0.3) is 5.91 Å². The molecule has 6 heteroatoms. The molecule has 3 rings (SSSR count). The molecule has 27 heavy (non-hydrogen) atoms. The highest BCUT2D eigenvalue weighted by atomic mass is 16.6. The van der Waals surface area contributed by atoms with Crippen LogP contribution in [0.1, 0.15) is 17.5 Å². The molecule has 1 aliphatic rings. The van der Waals surface area contributed by atoms with Crippen molar-refractivity contribution in [1.82, 2.24) is 0 Å². The van der Waals surface area contributed by atoms with Gasteiger partial charge < -0.3 is 19.7 Å². The summed E-state index contributed by atoms with van der Waals surface area (Å²) in [5.74, 6) is -0.315. The third kappa shape index (κ3) is 5.23. The number of nitrogens with zero attached hydrogens (tertiary/aromatic N) is 1. The molecule has 142 valence electrons. The van der Waals surface area contributed by atoms with Crippen molar-refractivity contribution in [2.75, 3.05) is 37.5 Å². The van der Waals surface area contributed by atoms with Gasteiger partial charge in [-0.15, -0.1) is 0 Å². The van der Waals surface area contributed by atoms with Gasteiger partial charge in [0.2, 0.25) is 0 Å². The Balaban J connectivity index is 1.40. The normalized spacial score (nSPS) is 12.2. The zero-order valence-electron chi connectivity index (χ0n) is 15.7. The average Bonchev–Trinajstić information content (AvgIpc) is 3.13. The number of fused-ring (bicyclic) bond motifs is 1. The largest absolute Gasteiger partial charge is 0.482 e. The second-order valence-electron chi connectivity index (χ2n) is 6.72. The number of ether oxygens (including phenoxy) is 2. The first-order valence-electron chi connectivity index (χ1n) is 8.99. The number of carbonyl (C=O) groups excluding carboxylic acids is 2. The summed E-state index contributed by atoms with van der Waals surface area (Å²) in [6, 6.07) is 13.3. The summed E-state index contributed by atoms with van der Waals surface area (Å²) >= 11 is 0. The molecule has 1 N–H and O–H groups in total. The van der Waals surface area contributed by atoms with E-state index in [1.54, 1.807) is 12.1 Å². The van der Waals surface area contributed by atoms with Crippen LogP contribution in [0.25, 0.3) is 0 Å². The molecule has 0 bridgehead atoms. The SMILES string of the molecule is CN(C)c1ccc(NC(=O)COC(=O)COc2ccc3c(c2)CCC3)cc1. The average molecular weight is 368 g/mol. The maximum absolute atomic E-state index is 11.9. The number of nitrogens with one attached hydrogen (secondary N) is 1. The van der Waals surface area contributed by atoms with E-state index in [0.717, 1.165) is 24.9 Å². The number of hydrogen-bond donors (Lipinski definition) is 1. The van der Waals surface area contributed by atoms with E-state index in [9.17, 15) is 9.59 Å². The highest BCUT2D eigenvalue weighted by molar-refractivity contribution is 5.93. The predicted molar refractivity (Wildman–Crippen MR) is 104 cm³/mol. The lowest BCUT2D eigenvalue weighted by Crippen LogP contribution is -2.23. The molecule has 1 amide bonds. The fourth-order valence-electron chi connectivity index (χ4n) is 3.01. The lowest BCUT2D eigenvalue weighted by molar-refractivity contribution is -0.149. The summed E-state index contributed by atoms with van der Waals surface area (Å²) in [5, 5.41) is 2.69. The maximum atomic E-state index is 11.9. The second kappa shape index (κ2) is 8.58. The number of hydrogen-bond acceptors (Lipinski definition) is 5. The summed E-state index contributed by atoms with van der Waals surface area (Å²) in [6.07, 6.45) is 3.31. The number of benzene rings is 2. The van der Waals surface area contributed by atoms with E-state index in [-0.39, 0.29) is 13.2 Å². The minimum absolute atomic E-state index is 0.219. The number of amides is 1. The molecule has 0 saturated carbocycles. The highest BCUT2D eigenvalue weighted by Gasteiger charge is 2.13. The van der Waals surface area contributed by atoms with Crippen LogP contribution in [0.3, 0.4) is 0 Å². The molecule has 0 aromatic heterocycles. The standard InChI is InChI=1S/C21H24N2O4/c1-23(2)18-9-7-17(8-10-18)22-20(24)13-27-21(25)14-26-19-11-6-15-4-3-5-16(15)12-19/h6-12H,3-5,13-14H2,1-2H3,(H,22,24). The minimum Gasteiger partial charge on any atom is -0.482 e. The third-order valence-corrected chi connectivity index (χ3v) is 4.46. The third-order valence-electron chi connectivity index (χ3n) is 4.46. The van der Waals surface area contributed by atoms with Crippen LogP contribution in [0.2, 0.25) is 0 Å². The summed E-state index contributed by atoms with van der Waals surface area (Å²) in [6.45, 7) is -0.564. The van der Waals surface area contributed by atoms with Crippen LogP contribution in [-0.4, -0.2) is 39.2 Å². The molecule has 2 aromatic rings. The van der Waals surface area contributed by atoms with Gasteiger partial charge in [0.05, 0.1) is 0 Å². The van der Waals surface area contributed by atoms with Gasteiger partial charge in [-0.2, -0.15) is 0 Å². The number of anilines is 2. The molecule has 0 unspecified atom stereocenters. The summed E-state index contributed by atoms with van der Waals surface area (Å²) in [4.78, 5) is 25.7. The van der Waals surface area contributed by atoms with Crippen LogP contribution in [0.4, 0.5) is 11.4 Å². The topological polar surface area (TPSA) is 67.9 Å². The van der Waals surface area contributed by atoms with E-state index in [1.807, 2.05) is 49.3 Å². The van der Waals surface area contributed by atoms with Gasteiger partial charge in [-0.1, -0.05) is 6.07 Å². The molecule has 2 aromatic carbocycles. The molecule has 0 heterocycles. The lowest BCUT2D eigenvalue weighted by atomic mass is 10.1. The second-order valence-corrected chi connectivity index (χ2v) is 6.72. The molecular formula is C21H24N2O4. The monoisotopic (exact) mass is 368 g/mol. The van der Waals surface area contributed by atoms with Crippen LogP contribution in [0.15, 0.2) is 42.5 Å². The van der Waals surface area contributed by atoms with Crippen LogP contribution in [0, 0.1) is 0 Å². The first-order chi connectivity index (χ1) is 13.0. The fourth-order valence-corrected chi connectivity index (χ4v) is 3.01. The van der Waals surface area contributed by atoms with Gasteiger partial charge in [0.1, 0.15) is 5.75 Å². The molecule has 6 nitrogen and oxygen atoms in total. The molecule has 0 saturated heterocycles. The van der Waals surface area contributed by atoms with Crippen molar-refractivity contribution in [3.05, 3.63) is 53.6 Å². The van der Waals surface area contributed by atoms with E-state index >= 15 is 0 Å². The van der Waals surface area contributed by atoms with Crippen LogP contribution in [0.5, 0.6) is 5.75 Å². The van der Waals surface area contributed by atoms with E-state index in [1.165, 1.54) is 11.1 Å². The minimum atomic E-state index is -0.575. The zero-order valence-corrected chi connectivity index (χ0v) is 15.7. The van der Waals surface area contributed by atoms with E-state index in [2.05, 4.69) is 5.32 Å². The molecule has 1 aliphatic carbocycles. The Morgan fingerprint density at radius 2 is 1.74 bits per heavy atom. The summed E-state index contributed by atoms with van der Waals surface area (Å²) < 4.78 is 10.4. The van der Waals surface area contributed by atoms with Gasteiger partial charge in [-0.05, 0) is 66.8 Å². The Bertz CT molecular complexity index is 815. The van der Waals surface area contributed by atoms with E-state index in [0.29, 0.717) is 11.4 Å². The highest BCUT2D eigenvalue weighted by Crippen LogP contribution is 2.26. The first-order valence-corrected chi connectivity index (χ1v) is 8.99. The van der Waals surface area contributed by atoms with Crippen molar-refractivity contribution in [1.29, 1.82) is 0 Å². The van der Waals surface area contributed by atoms with Gasteiger partial charge in [0, 0.05) is 25.5 Å². The van der Waals surface area contributed by atoms with Crippen molar-refractivity contribution >= 4 is 23.3 Å². The number of carbonyl (C=O) groups is 2. The Morgan fingerprint density at radius 3 is 2.48 bits per heavy atom. The number of esters is 1. The molecular weight excluding hydrogens is 344 g/mol. The fraction of sp³-hybridized carbons (Fsp3) is 0.333. The Kier molecular flexibility index (Phi) is 5.96. The van der Waals surface area contributed by atoms with Crippen molar-refractivity contribution in [3.8, 4) is 5.75 Å². The van der Waals surface area contributed by atoms with Crippen LogP contribution >= 0.6 is 0 Å². The van der Waals surface area contributed by atoms with Crippen LogP contribution < -0.4 is 15.0 Å². The molecule has 0 atom stereocenters. The Morgan fingerprint density at radius 1 is 1.00 bits per heavy atom. The van der Waals surface area contributed by atoms with Gasteiger partial charge in [-0.25, -0.2) is 4.79 Å². The quantitative estimate of drug-likeness (QED) is 0.761. The first kappa shape index (κ1) is 18.8. The maximum Gasteiger partial charge on any atom is 0.344 e. The zero-order chi connectivity index (χ0) is 19.2. The van der Waals surface area contributed by atoms with Crippen LogP contribution in [-0.2, 0) is 27.2 Å². The number of aryl methyl sites for hydroxylation is 2. The van der Waals surface area contributed by atoms with Gasteiger partial charge in [-0.3, -0.25) is 4.79 Å². The van der Waals surface area contributed by atoms with Crippen molar-refractivity contribution in [2.24, 2.45) is 0 Å². The lowest BCUT2D eigenvalue weighted by Gasteiger charge is -2.13. The van der Waals surface area contributed by atoms with Crippen molar-refractivity contribution in [2.45, 2.75) is 19.3 Å². The van der Waals surface area contributed by atoms with Gasteiger partial charge in [0.15, 0.2) is 13.2 Å². The predicted octanol–water partition coefficient (Wildman–Crippen LogP) is 2.80. The van der Waals surface area contributed by atoms with Gasteiger partial charge >= 0.3 is 5.97 Å². The Hall–Kier alpha value is -3.02. The van der Waals surface area contributed by atoms with Crippen molar-refractivity contribution in [3.63, 3.8) is 0 Å². The smallest absolute Gasteiger partial charge is 0.344 e. The molecule has 0 fully saturated rings. The summed E-state index contributed by atoms with van der Waals surface area (Å²) in [5.41, 5.74) is 4.31. The molecule has 0 radical (unpaired) electrons. The molecule has 0 spiro atoms. The molecule has 0 aliphatic heterocycles. The Labute approximate surface area is 159 Å². The summed E-state index contributed by atoms with van der Waals surface area (Å²) in [7, 11) is 3.88. The number of rotatable bonds is 7.